The van der Waals surface area contributed by atoms with Crippen LogP contribution in [0.1, 0.15) is 400 Å². The van der Waals surface area contributed by atoms with Gasteiger partial charge in [-0.05, 0) is 51.4 Å². The molecule has 0 aromatic rings. The summed E-state index contributed by atoms with van der Waals surface area (Å²) in [7, 11) is 0. The summed E-state index contributed by atoms with van der Waals surface area (Å²) in [6.45, 7) is 5.87. The number of hydrogen-bond donors (Lipinski definition) is 6. The van der Waals surface area contributed by atoms with E-state index in [2.05, 4.69) is 38.2 Å². The monoisotopic (exact) mass is 1260 g/mol. The van der Waals surface area contributed by atoms with Gasteiger partial charge in [0, 0.05) is 6.42 Å². The molecule has 1 saturated heterocycles. The van der Waals surface area contributed by atoms with Crippen LogP contribution in [0.15, 0.2) is 24.3 Å². The van der Waals surface area contributed by atoms with Gasteiger partial charge in [0.25, 0.3) is 0 Å². The van der Waals surface area contributed by atoms with Gasteiger partial charge in [-0.1, -0.05) is 366 Å². The Hall–Kier alpha value is -1.86. The molecule has 0 aliphatic carbocycles. The minimum Gasteiger partial charge on any atom is -0.454 e. The summed E-state index contributed by atoms with van der Waals surface area (Å²) in [4.78, 5) is 26.8. The van der Waals surface area contributed by atoms with Crippen molar-refractivity contribution in [3.63, 3.8) is 0 Å². The average molecular weight is 1260 g/mol. The van der Waals surface area contributed by atoms with Crippen molar-refractivity contribution in [2.24, 2.45) is 0 Å². The summed E-state index contributed by atoms with van der Waals surface area (Å²) >= 11 is 0. The van der Waals surface area contributed by atoms with Crippen LogP contribution in [0, 0.1) is 0 Å². The number of aliphatic hydroxyl groups excluding tert-OH is 5. The van der Waals surface area contributed by atoms with E-state index in [1.807, 2.05) is 6.08 Å². The highest BCUT2D eigenvalue weighted by Crippen LogP contribution is 2.27. The third-order valence-electron chi connectivity index (χ3n) is 18.9. The molecule has 6 N–H and O–H groups in total. The Labute approximate surface area is 550 Å². The predicted molar refractivity (Wildman–Crippen MR) is 375 cm³/mol. The summed E-state index contributed by atoms with van der Waals surface area (Å²) in [5, 5.41) is 57.4. The number of nitrogens with one attached hydrogen (secondary N) is 1. The van der Waals surface area contributed by atoms with E-state index in [4.69, 9.17) is 14.2 Å². The fraction of sp³-hybridized carbons (Fsp3) is 0.923. The lowest BCUT2D eigenvalue weighted by atomic mass is 9.99. The molecule has 8 atom stereocenters. The smallest absolute Gasteiger partial charge is 0.306 e. The Bertz CT molecular complexity index is 1550. The standard InChI is InChI=1S/C78H149NO10/c1-4-7-10-13-16-19-22-25-27-29-31-33-34-35-36-37-38-39-41-43-45-48-51-54-57-60-63-66-73(83)89-76-75(85)74(84)72(67-80)88-78(76)87-68-69(70(81)64-61-58-55-52-49-46-24-21-18-15-12-9-6-3)79-77(86)71(82)65-62-59-56-53-50-47-44-42-40-32-30-28-26-23-20-17-14-11-8-5-2/h25,27,61,64,69-72,74-76,78,80-82,84-85H,4-24,26,28-60,62-63,65-68H2,1-3H3,(H,79,86)/b27-25+,64-61+. The molecule has 0 aromatic heterocycles. The number of unbranched alkanes of at least 4 members (excludes halogenated alkanes) is 53. The molecule has 1 fully saturated rings. The quantitative estimate of drug-likeness (QED) is 0.0195. The molecule has 8 unspecified atom stereocenters. The predicted octanol–water partition coefficient (Wildman–Crippen LogP) is 20.7. The van der Waals surface area contributed by atoms with Gasteiger partial charge in [-0.15, -0.1) is 0 Å². The van der Waals surface area contributed by atoms with Gasteiger partial charge in [0.1, 0.15) is 24.4 Å². The minimum absolute atomic E-state index is 0.130. The SMILES string of the molecule is CCCCCCCC/C=C/CCCCCCCCCCCCCCCCCCCC(=O)OC1C(OCC(NC(=O)C(O)CCCCCCCCCCCCCCCCCCCCCC)C(O)/C=C/CCCCCCCCCCCCC)OC(CO)C(O)C1O. The van der Waals surface area contributed by atoms with Gasteiger partial charge in [0.15, 0.2) is 12.4 Å². The molecule has 0 spiro atoms. The second-order valence-electron chi connectivity index (χ2n) is 27.5. The Balaban J connectivity index is 2.50. The number of hydrogen-bond acceptors (Lipinski definition) is 10. The van der Waals surface area contributed by atoms with Gasteiger partial charge < -0.3 is 45.1 Å². The van der Waals surface area contributed by atoms with Gasteiger partial charge in [0.2, 0.25) is 5.91 Å². The van der Waals surface area contributed by atoms with Crippen LogP contribution in [0.2, 0.25) is 0 Å². The molecule has 0 bridgehead atoms. The van der Waals surface area contributed by atoms with Crippen molar-refractivity contribution in [1.29, 1.82) is 0 Å². The average Bonchev–Trinajstić information content (AvgIpc) is 1.85. The first kappa shape index (κ1) is 85.2. The first-order valence-electron chi connectivity index (χ1n) is 39.1. The molecule has 1 heterocycles. The number of amides is 1. The van der Waals surface area contributed by atoms with Crippen LogP contribution in [0.4, 0.5) is 0 Å². The Kier molecular flexibility index (Phi) is 63.3. The van der Waals surface area contributed by atoms with E-state index >= 15 is 0 Å². The summed E-state index contributed by atoms with van der Waals surface area (Å²) in [5.41, 5.74) is 0. The minimum atomic E-state index is -1.61. The lowest BCUT2D eigenvalue weighted by molar-refractivity contribution is -0.305. The summed E-state index contributed by atoms with van der Waals surface area (Å²) in [6, 6.07) is -1.02. The highest BCUT2D eigenvalue weighted by Gasteiger charge is 2.47. The molecular formula is C78H149NO10. The van der Waals surface area contributed by atoms with Crippen LogP contribution in [0.3, 0.4) is 0 Å². The van der Waals surface area contributed by atoms with Crippen molar-refractivity contribution in [3.8, 4) is 0 Å². The van der Waals surface area contributed by atoms with Gasteiger partial charge in [0.05, 0.1) is 25.4 Å². The maximum atomic E-state index is 13.5. The van der Waals surface area contributed by atoms with E-state index in [1.54, 1.807) is 6.08 Å². The summed E-state index contributed by atoms with van der Waals surface area (Å²) < 4.78 is 17.8. The Morgan fingerprint density at radius 1 is 0.427 bits per heavy atom. The van der Waals surface area contributed by atoms with E-state index < -0.39 is 67.4 Å². The van der Waals surface area contributed by atoms with Crippen LogP contribution < -0.4 is 5.32 Å². The van der Waals surface area contributed by atoms with E-state index in [9.17, 15) is 35.1 Å². The number of aliphatic hydroxyl groups is 5. The number of ether oxygens (including phenoxy) is 3. The fourth-order valence-electron chi connectivity index (χ4n) is 12.7. The van der Waals surface area contributed by atoms with Crippen molar-refractivity contribution in [1.82, 2.24) is 5.32 Å². The molecule has 0 saturated carbocycles. The largest absolute Gasteiger partial charge is 0.454 e. The third-order valence-corrected chi connectivity index (χ3v) is 18.9. The first-order chi connectivity index (χ1) is 43.7. The van der Waals surface area contributed by atoms with Crippen molar-refractivity contribution < 1.29 is 49.3 Å². The molecule has 11 nitrogen and oxygen atoms in total. The van der Waals surface area contributed by atoms with E-state index in [0.717, 1.165) is 57.8 Å². The third kappa shape index (κ3) is 53.1. The molecule has 1 amide bonds. The molecule has 526 valence electrons. The molecule has 0 aromatic carbocycles. The summed E-state index contributed by atoms with van der Waals surface area (Å²) in [5.74, 6) is -1.17. The molecule has 0 radical (unpaired) electrons. The zero-order chi connectivity index (χ0) is 64.6. The molecule has 1 rings (SSSR count). The highest BCUT2D eigenvalue weighted by molar-refractivity contribution is 5.80. The molecule has 1 aliphatic heterocycles. The number of allylic oxidation sites excluding steroid dienone is 3. The van der Waals surface area contributed by atoms with Crippen molar-refractivity contribution in [3.05, 3.63) is 24.3 Å². The molecular weight excluding hydrogens is 1110 g/mol. The van der Waals surface area contributed by atoms with Crippen molar-refractivity contribution >= 4 is 11.9 Å². The maximum absolute atomic E-state index is 13.5. The van der Waals surface area contributed by atoms with Gasteiger partial charge in [-0.3, -0.25) is 9.59 Å². The van der Waals surface area contributed by atoms with Crippen molar-refractivity contribution in [2.75, 3.05) is 13.2 Å². The van der Waals surface area contributed by atoms with Crippen LogP contribution in [0.5, 0.6) is 0 Å². The lowest BCUT2D eigenvalue weighted by Gasteiger charge is -2.41. The Morgan fingerprint density at radius 2 is 0.742 bits per heavy atom. The van der Waals surface area contributed by atoms with Crippen LogP contribution in [0.25, 0.3) is 0 Å². The van der Waals surface area contributed by atoms with E-state index in [-0.39, 0.29) is 13.0 Å². The summed E-state index contributed by atoms with van der Waals surface area (Å²) in [6.07, 6.45) is 70.9. The molecule has 1 aliphatic rings. The Morgan fingerprint density at radius 3 is 1.09 bits per heavy atom. The number of rotatable bonds is 69. The van der Waals surface area contributed by atoms with Gasteiger partial charge in [-0.25, -0.2) is 0 Å². The zero-order valence-electron chi connectivity index (χ0n) is 58.8. The topological polar surface area (TPSA) is 175 Å². The first-order valence-corrected chi connectivity index (χ1v) is 39.1. The van der Waals surface area contributed by atoms with E-state index in [1.165, 1.54) is 295 Å². The van der Waals surface area contributed by atoms with Crippen LogP contribution in [-0.2, 0) is 23.8 Å². The zero-order valence-corrected chi connectivity index (χ0v) is 58.8. The van der Waals surface area contributed by atoms with Gasteiger partial charge in [-0.2, -0.15) is 0 Å². The fourth-order valence-corrected chi connectivity index (χ4v) is 12.7. The molecule has 11 heteroatoms. The van der Waals surface area contributed by atoms with Crippen molar-refractivity contribution in [2.45, 2.75) is 449 Å². The second kappa shape index (κ2) is 66.2. The van der Waals surface area contributed by atoms with Gasteiger partial charge >= 0.3 is 5.97 Å². The number of carbonyl (C=O) groups is 2. The second-order valence-corrected chi connectivity index (χ2v) is 27.5. The van der Waals surface area contributed by atoms with E-state index in [0.29, 0.717) is 19.3 Å². The number of esters is 1. The lowest BCUT2D eigenvalue weighted by Crippen LogP contribution is -2.61. The molecule has 89 heavy (non-hydrogen) atoms. The number of carbonyl (C=O) groups excluding carboxylic acids is 2. The van der Waals surface area contributed by atoms with Crippen LogP contribution in [-0.4, -0.2) is 99.6 Å². The maximum Gasteiger partial charge on any atom is 0.306 e. The van der Waals surface area contributed by atoms with Crippen LogP contribution >= 0.6 is 0 Å². The highest BCUT2D eigenvalue weighted by atomic mass is 16.7. The normalized spacial score (nSPS) is 18.1.